The van der Waals surface area contributed by atoms with Crippen LogP contribution in [0.3, 0.4) is 0 Å². The van der Waals surface area contributed by atoms with Crippen LogP contribution in [0.25, 0.3) is 5.69 Å². The molecule has 0 spiro atoms. The summed E-state index contributed by atoms with van der Waals surface area (Å²) in [6, 6.07) is 17.9. The molecule has 3 heterocycles. The Labute approximate surface area is 249 Å². The van der Waals surface area contributed by atoms with Crippen LogP contribution in [0.1, 0.15) is 53.6 Å². The quantitative estimate of drug-likeness (QED) is 0.142. The summed E-state index contributed by atoms with van der Waals surface area (Å²) < 4.78 is 7.63. The molecule has 5 rings (SSSR count). The number of nitrogens with zero attached hydrogens (tertiary/aromatic N) is 4. The maximum absolute atomic E-state index is 12.0. The molecule has 11 heteroatoms. The molecule has 2 atom stereocenters. The van der Waals surface area contributed by atoms with E-state index in [1.54, 1.807) is 12.3 Å². The predicted molar refractivity (Wildman–Crippen MR) is 166 cm³/mol. The molecule has 1 amide bonds. The van der Waals surface area contributed by atoms with Crippen molar-refractivity contribution < 1.29 is 14.5 Å². The summed E-state index contributed by atoms with van der Waals surface area (Å²) in [6.45, 7) is 7.79. The number of benzene rings is 2. The highest BCUT2D eigenvalue weighted by atomic mass is 32.1. The Kier molecular flexibility index (Phi) is 7.95. The van der Waals surface area contributed by atoms with E-state index in [0.717, 1.165) is 39.6 Å². The van der Waals surface area contributed by atoms with Gasteiger partial charge in [-0.25, -0.2) is 0 Å². The SMILES string of the molecule is CCC(=O)Nc1ccc(N2C(=S)N[C@@H](c3ccccn3)[C@@H]2c2cc(C)n(-c3ccc([N+](=O)[O-])cc3OC)c2C)cc1C. The molecule has 10 nitrogen and oxygen atoms in total. The molecule has 0 unspecified atom stereocenters. The third kappa shape index (κ3) is 5.18. The van der Waals surface area contributed by atoms with Crippen LogP contribution in [0.4, 0.5) is 17.1 Å². The van der Waals surface area contributed by atoms with Gasteiger partial charge in [-0.2, -0.15) is 0 Å². The van der Waals surface area contributed by atoms with Gasteiger partial charge in [0.1, 0.15) is 5.75 Å². The number of amides is 1. The third-order valence-electron chi connectivity index (χ3n) is 7.59. The molecule has 0 saturated carbocycles. The average Bonchev–Trinajstić information content (AvgIpc) is 3.48. The fraction of sp³-hybridized carbons (Fsp3) is 0.258. The van der Waals surface area contributed by atoms with Crippen molar-refractivity contribution in [1.82, 2.24) is 14.9 Å². The molecule has 1 saturated heterocycles. The first-order valence-electron chi connectivity index (χ1n) is 13.6. The second kappa shape index (κ2) is 11.6. The molecule has 1 aliphatic heterocycles. The molecular weight excluding hydrogens is 552 g/mol. The van der Waals surface area contributed by atoms with Gasteiger partial charge in [0.15, 0.2) is 5.11 Å². The van der Waals surface area contributed by atoms with Crippen molar-refractivity contribution >= 4 is 40.3 Å². The Hall–Kier alpha value is -4.77. The first-order chi connectivity index (χ1) is 20.1. The number of non-ortho nitro benzene ring substituents is 1. The smallest absolute Gasteiger partial charge is 0.273 e. The summed E-state index contributed by atoms with van der Waals surface area (Å²) in [4.78, 5) is 29.8. The molecule has 42 heavy (non-hydrogen) atoms. The summed E-state index contributed by atoms with van der Waals surface area (Å²) in [7, 11) is 1.50. The number of ether oxygens (including phenoxy) is 1. The monoisotopic (exact) mass is 584 g/mol. The number of hydrogen-bond donors (Lipinski definition) is 2. The van der Waals surface area contributed by atoms with E-state index in [4.69, 9.17) is 17.0 Å². The number of thiocarbonyl (C=S) groups is 1. The Morgan fingerprint density at radius 1 is 1.14 bits per heavy atom. The van der Waals surface area contributed by atoms with Crippen molar-refractivity contribution in [2.45, 2.75) is 46.2 Å². The van der Waals surface area contributed by atoms with E-state index < -0.39 is 4.92 Å². The van der Waals surface area contributed by atoms with Gasteiger partial charge in [-0.3, -0.25) is 19.9 Å². The van der Waals surface area contributed by atoms with Crippen LogP contribution >= 0.6 is 12.2 Å². The fourth-order valence-corrected chi connectivity index (χ4v) is 5.89. The highest BCUT2D eigenvalue weighted by Gasteiger charge is 2.42. The van der Waals surface area contributed by atoms with Crippen molar-refractivity contribution in [3.05, 3.63) is 105 Å². The summed E-state index contributed by atoms with van der Waals surface area (Å²) in [5, 5.41) is 18.4. The minimum absolute atomic E-state index is 0.0426. The van der Waals surface area contributed by atoms with E-state index in [9.17, 15) is 14.9 Å². The lowest BCUT2D eigenvalue weighted by molar-refractivity contribution is -0.384. The number of nitro benzene ring substituents is 1. The molecule has 1 aliphatic rings. The Morgan fingerprint density at radius 2 is 1.93 bits per heavy atom. The number of aryl methyl sites for hydroxylation is 2. The lowest BCUT2D eigenvalue weighted by atomic mass is 9.96. The van der Waals surface area contributed by atoms with E-state index in [2.05, 4.69) is 26.6 Å². The average molecular weight is 585 g/mol. The van der Waals surface area contributed by atoms with Crippen LogP contribution in [0, 0.1) is 30.9 Å². The highest BCUT2D eigenvalue weighted by molar-refractivity contribution is 7.80. The number of methoxy groups -OCH3 is 1. The highest BCUT2D eigenvalue weighted by Crippen LogP contribution is 2.45. The van der Waals surface area contributed by atoms with E-state index >= 15 is 0 Å². The Morgan fingerprint density at radius 3 is 2.57 bits per heavy atom. The number of rotatable bonds is 8. The minimum atomic E-state index is -0.436. The molecule has 2 aromatic carbocycles. The minimum Gasteiger partial charge on any atom is -0.494 e. The fourth-order valence-electron chi connectivity index (χ4n) is 5.55. The predicted octanol–water partition coefficient (Wildman–Crippen LogP) is 6.24. The van der Waals surface area contributed by atoms with E-state index in [1.165, 1.54) is 19.2 Å². The van der Waals surface area contributed by atoms with E-state index in [0.29, 0.717) is 23.0 Å². The lowest BCUT2D eigenvalue weighted by Gasteiger charge is -2.29. The second-order valence-electron chi connectivity index (χ2n) is 10.2. The first-order valence-corrected chi connectivity index (χ1v) is 14.0. The topological polar surface area (TPSA) is 115 Å². The number of aromatic nitrogens is 2. The van der Waals surface area contributed by atoms with E-state index in [1.807, 2.05) is 68.7 Å². The number of hydrogen-bond acceptors (Lipinski definition) is 6. The number of nitrogens with one attached hydrogen (secondary N) is 2. The van der Waals surface area contributed by atoms with Gasteiger partial charge in [-0.15, -0.1) is 0 Å². The van der Waals surface area contributed by atoms with Crippen LogP contribution < -0.4 is 20.3 Å². The number of anilines is 2. The van der Waals surface area contributed by atoms with Crippen molar-refractivity contribution in [1.29, 1.82) is 0 Å². The van der Waals surface area contributed by atoms with Crippen LogP contribution in [0.2, 0.25) is 0 Å². The van der Waals surface area contributed by atoms with Gasteiger partial charge in [0.05, 0.1) is 41.6 Å². The van der Waals surface area contributed by atoms with Gasteiger partial charge in [0, 0.05) is 41.4 Å². The summed E-state index contributed by atoms with van der Waals surface area (Å²) in [6.07, 6.45) is 2.16. The number of carbonyl (C=O) groups is 1. The first kappa shape index (κ1) is 28.7. The molecule has 2 N–H and O–H groups in total. The Bertz CT molecular complexity index is 1690. The standard InChI is InChI=1S/C31H32N6O4S/c1-6-28(38)33-24-12-10-21(15-18(24)2)36-30(29(34-31(36)42)25-9-7-8-14-32-25)23-16-19(3)35(20(23)4)26-13-11-22(37(39)40)17-27(26)41-5/h7-17,29-30H,6H2,1-5H3,(H,33,38)(H,34,42)/t29-,30-/m0/s1. The van der Waals surface area contributed by atoms with Crippen LogP contribution in [0.15, 0.2) is 66.9 Å². The summed E-state index contributed by atoms with van der Waals surface area (Å²) >= 11 is 5.92. The van der Waals surface area contributed by atoms with Crippen LogP contribution in [0.5, 0.6) is 5.75 Å². The van der Waals surface area contributed by atoms with Crippen LogP contribution in [-0.2, 0) is 4.79 Å². The van der Waals surface area contributed by atoms with Crippen molar-refractivity contribution in [3.8, 4) is 11.4 Å². The maximum Gasteiger partial charge on any atom is 0.273 e. The summed E-state index contributed by atoms with van der Waals surface area (Å²) in [5.74, 6) is 0.350. The number of pyridine rings is 1. The van der Waals surface area contributed by atoms with Crippen molar-refractivity contribution in [2.75, 3.05) is 17.3 Å². The van der Waals surface area contributed by atoms with Gasteiger partial charge < -0.3 is 24.8 Å². The van der Waals surface area contributed by atoms with Gasteiger partial charge in [-0.1, -0.05) is 13.0 Å². The third-order valence-corrected chi connectivity index (χ3v) is 7.90. The van der Waals surface area contributed by atoms with Gasteiger partial charge in [0.2, 0.25) is 5.91 Å². The number of carbonyl (C=O) groups excluding carboxylic acids is 1. The maximum atomic E-state index is 12.0. The molecule has 1 fully saturated rings. The lowest BCUT2D eigenvalue weighted by Crippen LogP contribution is -2.29. The second-order valence-corrected chi connectivity index (χ2v) is 10.6. The zero-order valence-electron chi connectivity index (χ0n) is 24.0. The van der Waals surface area contributed by atoms with Gasteiger partial charge >= 0.3 is 0 Å². The zero-order chi connectivity index (χ0) is 30.1. The molecular formula is C31H32N6O4S. The molecule has 216 valence electrons. The van der Waals surface area contributed by atoms with Crippen molar-refractivity contribution in [2.24, 2.45) is 0 Å². The van der Waals surface area contributed by atoms with E-state index in [-0.39, 0.29) is 23.7 Å². The molecule has 0 bridgehead atoms. The largest absolute Gasteiger partial charge is 0.494 e. The molecule has 4 aromatic rings. The molecule has 0 aliphatic carbocycles. The zero-order valence-corrected chi connectivity index (χ0v) is 24.9. The molecule has 0 radical (unpaired) electrons. The van der Waals surface area contributed by atoms with Gasteiger partial charge in [0.25, 0.3) is 5.69 Å². The van der Waals surface area contributed by atoms with Crippen molar-refractivity contribution in [3.63, 3.8) is 0 Å². The van der Waals surface area contributed by atoms with Crippen LogP contribution in [-0.4, -0.2) is 32.6 Å². The Balaban J connectivity index is 1.65. The molecule has 2 aromatic heterocycles. The number of nitro groups is 1. The summed E-state index contributed by atoms with van der Waals surface area (Å²) in [5.41, 5.74) is 6.92. The van der Waals surface area contributed by atoms with Gasteiger partial charge in [-0.05, 0) is 86.6 Å². The normalized spacial score (nSPS) is 16.3.